The number of ether oxygens (including phenoxy) is 2. The highest BCUT2D eigenvalue weighted by Gasteiger charge is 2.41. The van der Waals surface area contributed by atoms with Crippen molar-refractivity contribution >= 4 is 12.2 Å². The monoisotopic (exact) mass is 452 g/mol. The lowest BCUT2D eigenvalue weighted by atomic mass is 10.00. The Morgan fingerprint density at radius 2 is 1.06 bits per heavy atom. The topological polar surface area (TPSA) is 83.1 Å². The Morgan fingerprint density at radius 1 is 0.688 bits per heavy atom. The van der Waals surface area contributed by atoms with Crippen LogP contribution in [0.1, 0.15) is 80.1 Å². The zero-order valence-corrected chi connectivity index (χ0v) is 20.9. The summed E-state index contributed by atoms with van der Waals surface area (Å²) in [5.74, 6) is 0. The van der Waals surface area contributed by atoms with Gasteiger partial charge in [-0.1, -0.05) is 0 Å². The van der Waals surface area contributed by atoms with Crippen LogP contribution in [-0.2, 0) is 9.47 Å². The Morgan fingerprint density at radius 3 is 1.41 bits per heavy atom. The van der Waals surface area contributed by atoms with E-state index in [2.05, 4.69) is 10.6 Å². The molecule has 0 radical (unpaired) electrons. The van der Waals surface area contributed by atoms with Gasteiger partial charge in [-0.2, -0.15) is 0 Å². The lowest BCUT2D eigenvalue weighted by Gasteiger charge is -2.33. The molecule has 0 bridgehead atoms. The molecule has 32 heavy (non-hydrogen) atoms. The molecule has 2 amide bonds. The van der Waals surface area contributed by atoms with Crippen LogP contribution >= 0.6 is 0 Å². The maximum absolute atomic E-state index is 12.0. The summed E-state index contributed by atoms with van der Waals surface area (Å²) in [6, 6.07) is 1.68. The molecule has 0 aliphatic carbocycles. The number of rotatable bonds is 0. The molecule has 0 saturated carbocycles. The Balaban J connectivity index is 0.000000181. The number of hydrogen-bond acceptors (Lipinski definition) is 6. The minimum Gasteiger partial charge on any atom is -0.444 e. The predicted molar refractivity (Wildman–Crippen MR) is 125 cm³/mol. The van der Waals surface area contributed by atoms with Gasteiger partial charge in [-0.25, -0.2) is 9.59 Å². The van der Waals surface area contributed by atoms with Crippen LogP contribution in [0.25, 0.3) is 0 Å². The van der Waals surface area contributed by atoms with Crippen molar-refractivity contribution in [2.24, 2.45) is 0 Å². The van der Waals surface area contributed by atoms with Crippen molar-refractivity contribution in [2.75, 3.05) is 26.2 Å². The summed E-state index contributed by atoms with van der Waals surface area (Å²) in [4.78, 5) is 27.8. The number of carbonyl (C=O) groups is 2. The van der Waals surface area contributed by atoms with Crippen molar-refractivity contribution < 1.29 is 19.1 Å². The highest BCUT2D eigenvalue weighted by Crippen LogP contribution is 2.28. The number of piperidine rings is 2. The van der Waals surface area contributed by atoms with Gasteiger partial charge >= 0.3 is 12.2 Å². The van der Waals surface area contributed by atoms with Gasteiger partial charge in [-0.15, -0.1) is 0 Å². The molecular formula is C24H44N4O4. The number of nitrogens with zero attached hydrogens (tertiary/aromatic N) is 2. The van der Waals surface area contributed by atoms with Gasteiger partial charge in [-0.3, -0.25) is 0 Å². The molecule has 0 aromatic carbocycles. The van der Waals surface area contributed by atoms with Crippen molar-refractivity contribution in [1.29, 1.82) is 0 Å². The molecule has 0 spiro atoms. The van der Waals surface area contributed by atoms with Crippen LogP contribution in [-0.4, -0.2) is 83.5 Å². The second-order valence-corrected chi connectivity index (χ2v) is 11.5. The van der Waals surface area contributed by atoms with Gasteiger partial charge in [0.05, 0.1) is 12.1 Å². The molecule has 4 fully saturated rings. The fourth-order valence-corrected chi connectivity index (χ4v) is 5.19. The summed E-state index contributed by atoms with van der Waals surface area (Å²) in [6.45, 7) is 15.3. The van der Waals surface area contributed by atoms with Crippen molar-refractivity contribution in [3.8, 4) is 0 Å². The van der Waals surface area contributed by atoms with E-state index in [1.54, 1.807) is 0 Å². The number of likely N-dealkylation sites (tertiary alicyclic amines) is 2. The Labute approximate surface area is 193 Å². The SMILES string of the molecule is CC(C)(C)OC(=O)N1CC[C@@H]2NCCC[C@@H]21.CC(C)(C)OC(=O)N1CC[C@H]2NCCC[C@H]21. The summed E-state index contributed by atoms with van der Waals surface area (Å²) < 4.78 is 10.9. The van der Waals surface area contributed by atoms with Crippen molar-refractivity contribution in [1.82, 2.24) is 20.4 Å². The molecule has 4 aliphatic heterocycles. The standard InChI is InChI=1S/2C12H22N2O2/c2*1-12(2,3)16-11(15)14-8-6-9-10(14)5-4-7-13-9/h2*9-10,13H,4-8H2,1-3H3/t2*9-,10-/m10/s1. The van der Waals surface area contributed by atoms with Crippen molar-refractivity contribution in [3.63, 3.8) is 0 Å². The summed E-state index contributed by atoms with van der Waals surface area (Å²) in [5, 5.41) is 6.96. The summed E-state index contributed by atoms with van der Waals surface area (Å²) >= 11 is 0. The first-order valence-electron chi connectivity index (χ1n) is 12.4. The molecule has 8 nitrogen and oxygen atoms in total. The molecule has 4 aliphatic rings. The van der Waals surface area contributed by atoms with Gasteiger partial charge in [0.15, 0.2) is 0 Å². The molecule has 8 heteroatoms. The van der Waals surface area contributed by atoms with E-state index in [0.29, 0.717) is 24.2 Å². The average molecular weight is 453 g/mol. The molecule has 184 valence electrons. The van der Waals surface area contributed by atoms with Crippen LogP contribution < -0.4 is 10.6 Å². The average Bonchev–Trinajstić information content (AvgIpc) is 3.30. The molecule has 4 heterocycles. The molecule has 0 aromatic rings. The first-order chi connectivity index (χ1) is 14.9. The quantitative estimate of drug-likeness (QED) is 0.585. The first kappa shape index (κ1) is 25.1. The maximum Gasteiger partial charge on any atom is 0.410 e. The second kappa shape index (κ2) is 10.2. The van der Waals surface area contributed by atoms with Gasteiger partial charge < -0.3 is 29.9 Å². The normalized spacial score (nSPS) is 30.1. The number of hydrogen-bond donors (Lipinski definition) is 2. The van der Waals surface area contributed by atoms with Crippen LogP contribution in [0.15, 0.2) is 0 Å². The molecule has 0 unspecified atom stereocenters. The van der Waals surface area contributed by atoms with E-state index in [9.17, 15) is 9.59 Å². The van der Waals surface area contributed by atoms with Gasteiger partial charge in [-0.05, 0) is 93.2 Å². The minimum atomic E-state index is -0.392. The smallest absolute Gasteiger partial charge is 0.410 e. The Kier molecular flexibility index (Phi) is 7.97. The molecule has 2 N–H and O–H groups in total. The fourth-order valence-electron chi connectivity index (χ4n) is 5.19. The molecular weight excluding hydrogens is 408 g/mol. The third kappa shape index (κ3) is 6.73. The minimum absolute atomic E-state index is 0.149. The van der Waals surface area contributed by atoms with Crippen LogP contribution in [0.3, 0.4) is 0 Å². The third-order valence-electron chi connectivity index (χ3n) is 6.51. The highest BCUT2D eigenvalue weighted by molar-refractivity contribution is 5.69. The third-order valence-corrected chi connectivity index (χ3v) is 6.51. The van der Waals surface area contributed by atoms with E-state index in [1.165, 1.54) is 0 Å². The zero-order chi connectivity index (χ0) is 23.5. The summed E-state index contributed by atoms with van der Waals surface area (Å²) in [7, 11) is 0. The van der Waals surface area contributed by atoms with Crippen LogP contribution in [0.4, 0.5) is 9.59 Å². The van der Waals surface area contributed by atoms with E-state index < -0.39 is 11.2 Å². The summed E-state index contributed by atoms with van der Waals surface area (Å²) in [6.07, 6.45) is 6.34. The van der Waals surface area contributed by atoms with Gasteiger partial charge in [0.1, 0.15) is 11.2 Å². The molecule has 4 rings (SSSR count). The largest absolute Gasteiger partial charge is 0.444 e. The van der Waals surface area contributed by atoms with E-state index >= 15 is 0 Å². The van der Waals surface area contributed by atoms with Crippen LogP contribution in [0.5, 0.6) is 0 Å². The molecule has 0 aromatic heterocycles. The van der Waals surface area contributed by atoms with E-state index in [-0.39, 0.29) is 12.2 Å². The lowest BCUT2D eigenvalue weighted by Crippen LogP contribution is -2.49. The molecule has 4 atom stereocenters. The maximum atomic E-state index is 12.0. The van der Waals surface area contributed by atoms with Crippen molar-refractivity contribution in [3.05, 3.63) is 0 Å². The number of carbonyl (C=O) groups excluding carboxylic acids is 2. The Hall–Kier alpha value is -1.54. The van der Waals surface area contributed by atoms with Gasteiger partial charge in [0.2, 0.25) is 0 Å². The van der Waals surface area contributed by atoms with Gasteiger partial charge in [0.25, 0.3) is 0 Å². The summed E-state index contributed by atoms with van der Waals surface area (Å²) in [5.41, 5.74) is -0.783. The fraction of sp³-hybridized carbons (Fsp3) is 0.917. The number of nitrogens with one attached hydrogen (secondary N) is 2. The predicted octanol–water partition coefficient (Wildman–Crippen LogP) is 3.50. The zero-order valence-electron chi connectivity index (χ0n) is 20.9. The van der Waals surface area contributed by atoms with Crippen molar-refractivity contribution in [2.45, 2.75) is 115 Å². The van der Waals surface area contributed by atoms with E-state index in [0.717, 1.165) is 64.7 Å². The van der Waals surface area contributed by atoms with E-state index in [4.69, 9.17) is 9.47 Å². The van der Waals surface area contributed by atoms with Crippen LogP contribution in [0.2, 0.25) is 0 Å². The number of fused-ring (bicyclic) bond motifs is 2. The van der Waals surface area contributed by atoms with Crippen LogP contribution in [0, 0.1) is 0 Å². The highest BCUT2D eigenvalue weighted by atomic mass is 16.6. The Bertz CT molecular complexity index is 601. The number of amides is 2. The molecule has 4 saturated heterocycles. The van der Waals surface area contributed by atoms with E-state index in [1.807, 2.05) is 51.3 Å². The lowest BCUT2D eigenvalue weighted by molar-refractivity contribution is 0.0186. The second-order valence-electron chi connectivity index (χ2n) is 11.5. The first-order valence-corrected chi connectivity index (χ1v) is 12.4. The van der Waals surface area contributed by atoms with Gasteiger partial charge in [0, 0.05) is 25.2 Å².